The van der Waals surface area contributed by atoms with Crippen molar-refractivity contribution in [2.24, 2.45) is 5.73 Å². The fourth-order valence-corrected chi connectivity index (χ4v) is 2.59. The van der Waals surface area contributed by atoms with E-state index in [1.54, 1.807) is 0 Å². The summed E-state index contributed by atoms with van der Waals surface area (Å²) in [6, 6.07) is 3.56. The van der Waals surface area contributed by atoms with Crippen molar-refractivity contribution in [2.75, 3.05) is 0 Å². The van der Waals surface area contributed by atoms with E-state index < -0.39 is 11.6 Å². The van der Waals surface area contributed by atoms with Gasteiger partial charge in [0.1, 0.15) is 5.78 Å². The van der Waals surface area contributed by atoms with Gasteiger partial charge in [0.15, 0.2) is 11.6 Å². The zero-order chi connectivity index (χ0) is 13.2. The SMILES string of the molecule is NC1(CC(=O)Cc2ccc(F)c(F)c2)CCCC1. The molecule has 0 atom stereocenters. The molecule has 0 bridgehead atoms. The van der Waals surface area contributed by atoms with Gasteiger partial charge in [-0.3, -0.25) is 4.79 Å². The van der Waals surface area contributed by atoms with E-state index in [0.29, 0.717) is 12.0 Å². The van der Waals surface area contributed by atoms with Crippen LogP contribution in [-0.4, -0.2) is 11.3 Å². The summed E-state index contributed by atoms with van der Waals surface area (Å²) in [7, 11) is 0. The van der Waals surface area contributed by atoms with Gasteiger partial charge in [-0.1, -0.05) is 18.9 Å². The Bertz CT molecular complexity index is 453. The first-order valence-corrected chi connectivity index (χ1v) is 6.23. The van der Waals surface area contributed by atoms with Crippen molar-refractivity contribution >= 4 is 5.78 Å². The number of hydrogen-bond donors (Lipinski definition) is 1. The number of Topliss-reactive ketones (excluding diaryl/α,β-unsaturated/α-hetero) is 1. The molecule has 0 radical (unpaired) electrons. The Morgan fingerprint density at radius 3 is 2.50 bits per heavy atom. The minimum absolute atomic E-state index is 0.00888. The van der Waals surface area contributed by atoms with E-state index in [1.807, 2.05) is 0 Å². The molecule has 2 nitrogen and oxygen atoms in total. The van der Waals surface area contributed by atoms with Crippen LogP contribution in [0.4, 0.5) is 8.78 Å². The molecule has 0 saturated heterocycles. The Labute approximate surface area is 105 Å². The Balaban J connectivity index is 1.96. The number of halogens is 2. The minimum atomic E-state index is -0.913. The topological polar surface area (TPSA) is 43.1 Å². The number of nitrogens with two attached hydrogens (primary N) is 1. The van der Waals surface area contributed by atoms with Crippen molar-refractivity contribution in [1.29, 1.82) is 0 Å². The third-order valence-corrected chi connectivity index (χ3v) is 3.53. The van der Waals surface area contributed by atoms with Crippen LogP contribution in [0, 0.1) is 11.6 Å². The van der Waals surface area contributed by atoms with Gasteiger partial charge >= 0.3 is 0 Å². The van der Waals surface area contributed by atoms with Crippen LogP contribution in [0.5, 0.6) is 0 Å². The highest BCUT2D eigenvalue weighted by molar-refractivity contribution is 5.82. The van der Waals surface area contributed by atoms with E-state index in [-0.39, 0.29) is 17.7 Å². The molecule has 1 aliphatic rings. The maximum atomic E-state index is 13.0. The normalized spacial score (nSPS) is 17.9. The van der Waals surface area contributed by atoms with Gasteiger partial charge in [0.05, 0.1) is 0 Å². The molecule has 98 valence electrons. The highest BCUT2D eigenvalue weighted by atomic mass is 19.2. The summed E-state index contributed by atoms with van der Waals surface area (Å²) in [4.78, 5) is 11.9. The van der Waals surface area contributed by atoms with Crippen molar-refractivity contribution in [3.05, 3.63) is 35.4 Å². The van der Waals surface area contributed by atoms with Crippen molar-refractivity contribution in [3.63, 3.8) is 0 Å². The second-order valence-electron chi connectivity index (χ2n) is 5.21. The summed E-state index contributed by atoms with van der Waals surface area (Å²) in [5, 5.41) is 0. The fraction of sp³-hybridized carbons (Fsp3) is 0.500. The van der Waals surface area contributed by atoms with E-state index in [9.17, 15) is 13.6 Å². The number of rotatable bonds is 4. The molecule has 2 rings (SSSR count). The van der Waals surface area contributed by atoms with Crippen molar-refractivity contribution < 1.29 is 13.6 Å². The number of carbonyl (C=O) groups is 1. The summed E-state index contributed by atoms with van der Waals surface area (Å²) in [6.45, 7) is 0. The van der Waals surface area contributed by atoms with E-state index in [2.05, 4.69) is 0 Å². The van der Waals surface area contributed by atoms with Crippen LogP contribution in [0.3, 0.4) is 0 Å². The molecule has 1 saturated carbocycles. The van der Waals surface area contributed by atoms with Crippen molar-refractivity contribution in [3.8, 4) is 0 Å². The molecule has 1 aromatic carbocycles. The minimum Gasteiger partial charge on any atom is -0.325 e. The lowest BCUT2D eigenvalue weighted by molar-refractivity contribution is -0.119. The van der Waals surface area contributed by atoms with Crippen LogP contribution in [-0.2, 0) is 11.2 Å². The van der Waals surface area contributed by atoms with Gasteiger partial charge in [0.2, 0.25) is 0 Å². The first-order valence-electron chi connectivity index (χ1n) is 6.23. The van der Waals surface area contributed by atoms with Crippen molar-refractivity contribution in [1.82, 2.24) is 0 Å². The molecular formula is C14H17F2NO. The smallest absolute Gasteiger partial charge is 0.159 e. The molecule has 0 heterocycles. The molecule has 1 aromatic rings. The van der Waals surface area contributed by atoms with Crippen molar-refractivity contribution in [2.45, 2.75) is 44.1 Å². The number of benzene rings is 1. The van der Waals surface area contributed by atoms with Crippen LogP contribution < -0.4 is 5.73 Å². The van der Waals surface area contributed by atoms with Crippen LogP contribution in [0.15, 0.2) is 18.2 Å². The van der Waals surface area contributed by atoms with Gasteiger partial charge in [-0.2, -0.15) is 0 Å². The second kappa shape index (κ2) is 5.14. The third kappa shape index (κ3) is 3.13. The summed E-state index contributed by atoms with van der Waals surface area (Å²) in [5.41, 5.74) is 6.23. The lowest BCUT2D eigenvalue weighted by Crippen LogP contribution is -2.39. The lowest BCUT2D eigenvalue weighted by atomic mass is 9.90. The first kappa shape index (κ1) is 13.1. The van der Waals surface area contributed by atoms with Gasteiger partial charge in [-0.05, 0) is 30.5 Å². The molecule has 2 N–H and O–H groups in total. The summed E-state index contributed by atoms with van der Waals surface area (Å²) in [6.07, 6.45) is 4.32. The van der Waals surface area contributed by atoms with Crippen LogP contribution in [0.2, 0.25) is 0 Å². The second-order valence-corrected chi connectivity index (χ2v) is 5.21. The van der Waals surface area contributed by atoms with E-state index in [0.717, 1.165) is 37.8 Å². The molecule has 0 aromatic heterocycles. The zero-order valence-electron chi connectivity index (χ0n) is 10.2. The lowest BCUT2D eigenvalue weighted by Gasteiger charge is -2.22. The van der Waals surface area contributed by atoms with Gasteiger partial charge in [-0.25, -0.2) is 8.78 Å². The summed E-state index contributed by atoms with van der Waals surface area (Å²) < 4.78 is 25.7. The number of ketones is 1. The van der Waals surface area contributed by atoms with Gasteiger partial charge in [-0.15, -0.1) is 0 Å². The quantitative estimate of drug-likeness (QED) is 0.896. The van der Waals surface area contributed by atoms with Gasteiger partial charge in [0, 0.05) is 18.4 Å². The molecule has 1 fully saturated rings. The average molecular weight is 253 g/mol. The molecule has 0 aliphatic heterocycles. The molecule has 0 unspecified atom stereocenters. The molecule has 1 aliphatic carbocycles. The molecule has 0 amide bonds. The molecule has 4 heteroatoms. The third-order valence-electron chi connectivity index (χ3n) is 3.53. The molecule has 0 spiro atoms. The molecular weight excluding hydrogens is 236 g/mol. The maximum absolute atomic E-state index is 13.0. The highest BCUT2D eigenvalue weighted by Gasteiger charge is 2.31. The Morgan fingerprint density at radius 1 is 1.22 bits per heavy atom. The van der Waals surface area contributed by atoms with Gasteiger partial charge in [0.25, 0.3) is 0 Å². The summed E-state index contributed by atoms with van der Waals surface area (Å²) >= 11 is 0. The largest absolute Gasteiger partial charge is 0.325 e. The number of hydrogen-bond acceptors (Lipinski definition) is 2. The molecule has 18 heavy (non-hydrogen) atoms. The zero-order valence-corrected chi connectivity index (χ0v) is 10.2. The Morgan fingerprint density at radius 2 is 1.89 bits per heavy atom. The van der Waals surface area contributed by atoms with E-state index >= 15 is 0 Å². The Hall–Kier alpha value is -1.29. The fourth-order valence-electron chi connectivity index (χ4n) is 2.59. The average Bonchev–Trinajstić information content (AvgIpc) is 2.70. The standard InChI is InChI=1S/C14H17F2NO/c15-12-4-3-10(8-13(12)16)7-11(18)9-14(17)5-1-2-6-14/h3-4,8H,1-2,5-7,9,17H2. The predicted octanol–water partition coefficient (Wildman–Crippen LogP) is 2.74. The predicted molar refractivity (Wildman–Crippen MR) is 65.1 cm³/mol. The van der Waals surface area contributed by atoms with Gasteiger partial charge < -0.3 is 5.73 Å². The highest BCUT2D eigenvalue weighted by Crippen LogP contribution is 2.30. The maximum Gasteiger partial charge on any atom is 0.159 e. The first-order chi connectivity index (χ1) is 8.48. The monoisotopic (exact) mass is 253 g/mol. The van der Waals surface area contributed by atoms with Crippen LogP contribution >= 0.6 is 0 Å². The van der Waals surface area contributed by atoms with E-state index in [1.165, 1.54) is 6.07 Å². The Kier molecular flexibility index (Phi) is 3.76. The van der Waals surface area contributed by atoms with E-state index in [4.69, 9.17) is 5.73 Å². The summed E-state index contributed by atoms with van der Waals surface area (Å²) in [5.74, 6) is -1.81. The van der Waals surface area contributed by atoms with Crippen LogP contribution in [0.25, 0.3) is 0 Å². The van der Waals surface area contributed by atoms with Crippen LogP contribution in [0.1, 0.15) is 37.7 Å². The number of carbonyl (C=O) groups excluding carboxylic acids is 1.